The van der Waals surface area contributed by atoms with Gasteiger partial charge in [0.25, 0.3) is 0 Å². The van der Waals surface area contributed by atoms with Crippen molar-refractivity contribution in [3.05, 3.63) is 36.3 Å². The molecule has 0 spiro atoms. The SMILES string of the molecule is C=C[C@@H](CC)[C@H]1OC(C)(C)O[C@H]1Nc1nc(SC)nc(C)c1-c1nc2c(C)nccc2s1. The van der Waals surface area contributed by atoms with Crippen molar-refractivity contribution in [2.45, 2.75) is 64.3 Å². The summed E-state index contributed by atoms with van der Waals surface area (Å²) >= 11 is 3.12. The third-order valence-corrected chi connectivity index (χ3v) is 7.15. The van der Waals surface area contributed by atoms with E-state index < -0.39 is 5.79 Å². The Balaban J connectivity index is 1.80. The zero-order chi connectivity index (χ0) is 23.0. The van der Waals surface area contributed by atoms with E-state index in [-0.39, 0.29) is 18.2 Å². The van der Waals surface area contributed by atoms with Gasteiger partial charge in [-0.1, -0.05) is 24.8 Å². The van der Waals surface area contributed by atoms with Gasteiger partial charge in [0.2, 0.25) is 0 Å². The minimum Gasteiger partial charge on any atom is -0.342 e. The van der Waals surface area contributed by atoms with E-state index in [0.29, 0.717) is 11.0 Å². The van der Waals surface area contributed by atoms with Gasteiger partial charge >= 0.3 is 0 Å². The molecule has 1 fully saturated rings. The van der Waals surface area contributed by atoms with Crippen LogP contribution in [-0.4, -0.2) is 44.3 Å². The van der Waals surface area contributed by atoms with E-state index in [4.69, 9.17) is 19.4 Å². The van der Waals surface area contributed by atoms with Crippen LogP contribution in [0.2, 0.25) is 0 Å². The molecule has 9 heteroatoms. The van der Waals surface area contributed by atoms with Gasteiger partial charge in [-0.25, -0.2) is 15.0 Å². The third kappa shape index (κ3) is 4.39. The highest BCUT2D eigenvalue weighted by atomic mass is 32.2. The van der Waals surface area contributed by atoms with E-state index in [1.54, 1.807) is 11.3 Å². The van der Waals surface area contributed by atoms with E-state index in [1.165, 1.54) is 11.8 Å². The Morgan fingerprint density at radius 1 is 1.25 bits per heavy atom. The van der Waals surface area contributed by atoms with Crippen molar-refractivity contribution in [2.24, 2.45) is 5.92 Å². The van der Waals surface area contributed by atoms with Crippen molar-refractivity contribution in [1.82, 2.24) is 19.9 Å². The normalized spacial score (nSPS) is 21.1. The number of rotatable bonds is 7. The van der Waals surface area contributed by atoms with E-state index >= 15 is 0 Å². The first-order valence-corrected chi connectivity index (χ1v) is 12.7. The number of aromatic nitrogens is 4. The Kier molecular flexibility index (Phi) is 6.53. The third-order valence-electron chi connectivity index (χ3n) is 5.56. The summed E-state index contributed by atoms with van der Waals surface area (Å²) in [5, 5.41) is 5.08. The Bertz CT molecular complexity index is 1150. The minimum atomic E-state index is -0.706. The van der Waals surface area contributed by atoms with Crippen molar-refractivity contribution >= 4 is 39.1 Å². The van der Waals surface area contributed by atoms with Gasteiger partial charge in [0.15, 0.2) is 17.2 Å². The van der Waals surface area contributed by atoms with Gasteiger partial charge in [-0.15, -0.1) is 17.9 Å². The Morgan fingerprint density at radius 3 is 2.69 bits per heavy atom. The molecule has 0 unspecified atom stereocenters. The lowest BCUT2D eigenvalue weighted by atomic mass is 9.98. The van der Waals surface area contributed by atoms with Crippen molar-refractivity contribution in [2.75, 3.05) is 11.6 Å². The lowest BCUT2D eigenvalue weighted by Crippen LogP contribution is -2.36. The lowest BCUT2D eigenvalue weighted by Gasteiger charge is -2.25. The summed E-state index contributed by atoms with van der Waals surface area (Å²) in [4.78, 5) is 18.8. The summed E-state index contributed by atoms with van der Waals surface area (Å²) in [5.74, 6) is 0.140. The molecule has 1 aliphatic heterocycles. The number of pyridine rings is 1. The predicted octanol–water partition coefficient (Wildman–Crippen LogP) is 5.59. The largest absolute Gasteiger partial charge is 0.342 e. The van der Waals surface area contributed by atoms with Crippen LogP contribution in [0.1, 0.15) is 38.6 Å². The van der Waals surface area contributed by atoms with Gasteiger partial charge in [0.1, 0.15) is 22.4 Å². The maximum absolute atomic E-state index is 6.26. The van der Waals surface area contributed by atoms with Crippen LogP contribution in [0.15, 0.2) is 30.1 Å². The van der Waals surface area contributed by atoms with Crippen LogP contribution >= 0.6 is 23.1 Å². The van der Waals surface area contributed by atoms with Crippen LogP contribution in [0.4, 0.5) is 5.82 Å². The zero-order valence-electron chi connectivity index (χ0n) is 19.3. The fraction of sp³-hybridized carbons (Fsp3) is 0.478. The highest BCUT2D eigenvalue weighted by Gasteiger charge is 2.44. The number of ether oxygens (including phenoxy) is 2. The minimum absolute atomic E-state index is 0.150. The van der Waals surface area contributed by atoms with Crippen LogP contribution in [-0.2, 0) is 9.47 Å². The topological polar surface area (TPSA) is 82.0 Å². The number of thioether (sulfide) groups is 1. The molecule has 0 amide bonds. The number of fused-ring (bicyclic) bond motifs is 1. The fourth-order valence-corrected chi connectivity index (χ4v) is 5.49. The first-order chi connectivity index (χ1) is 15.3. The summed E-state index contributed by atoms with van der Waals surface area (Å²) in [6.07, 6.45) is 6.06. The Labute approximate surface area is 197 Å². The molecule has 1 saturated heterocycles. The first-order valence-electron chi connectivity index (χ1n) is 10.7. The number of nitrogens with one attached hydrogen (secondary N) is 1. The maximum Gasteiger partial charge on any atom is 0.189 e. The summed E-state index contributed by atoms with van der Waals surface area (Å²) < 4.78 is 13.6. The Hall–Kier alpha value is -2.07. The number of anilines is 1. The second kappa shape index (κ2) is 9.05. The molecule has 3 aromatic heterocycles. The molecule has 32 heavy (non-hydrogen) atoms. The fourth-order valence-electron chi connectivity index (χ4n) is 3.97. The summed E-state index contributed by atoms with van der Waals surface area (Å²) in [7, 11) is 0. The molecule has 0 aromatic carbocycles. The lowest BCUT2D eigenvalue weighted by molar-refractivity contribution is -0.147. The molecule has 4 rings (SSSR count). The van der Waals surface area contributed by atoms with Crippen LogP contribution in [0.25, 0.3) is 20.8 Å². The number of nitrogens with zero attached hydrogens (tertiary/aromatic N) is 4. The average Bonchev–Trinajstić information content (AvgIpc) is 3.30. The summed E-state index contributed by atoms with van der Waals surface area (Å²) in [6.45, 7) is 14.0. The summed E-state index contributed by atoms with van der Waals surface area (Å²) in [5.41, 5.74) is 3.55. The van der Waals surface area contributed by atoms with E-state index in [0.717, 1.165) is 38.6 Å². The van der Waals surface area contributed by atoms with E-state index in [9.17, 15) is 0 Å². The molecule has 7 nitrogen and oxygen atoms in total. The molecular weight excluding hydrogens is 442 g/mol. The molecule has 4 heterocycles. The molecule has 0 aliphatic carbocycles. The molecule has 3 atom stereocenters. The molecule has 170 valence electrons. The Morgan fingerprint density at radius 2 is 2.03 bits per heavy atom. The second-order valence-electron chi connectivity index (χ2n) is 8.25. The molecule has 0 bridgehead atoms. The molecule has 1 aliphatic rings. The van der Waals surface area contributed by atoms with Gasteiger partial charge in [0, 0.05) is 12.1 Å². The summed E-state index contributed by atoms with van der Waals surface area (Å²) in [6, 6.07) is 1.99. The number of hydrogen-bond donors (Lipinski definition) is 1. The van der Waals surface area contributed by atoms with Crippen molar-refractivity contribution in [1.29, 1.82) is 0 Å². The van der Waals surface area contributed by atoms with Gasteiger partial charge in [-0.05, 0) is 46.4 Å². The average molecular weight is 472 g/mol. The van der Waals surface area contributed by atoms with Crippen LogP contribution in [0, 0.1) is 19.8 Å². The first kappa shape index (κ1) is 23.1. The molecular formula is C23H29N5O2S2. The number of aryl methyl sites for hydroxylation is 2. The van der Waals surface area contributed by atoms with E-state index in [2.05, 4.69) is 28.8 Å². The smallest absolute Gasteiger partial charge is 0.189 e. The van der Waals surface area contributed by atoms with Crippen molar-refractivity contribution in [3.8, 4) is 10.6 Å². The van der Waals surface area contributed by atoms with E-state index in [1.807, 2.05) is 52.3 Å². The van der Waals surface area contributed by atoms with Crippen molar-refractivity contribution in [3.63, 3.8) is 0 Å². The van der Waals surface area contributed by atoms with Gasteiger partial charge in [0.05, 0.1) is 21.7 Å². The van der Waals surface area contributed by atoms with Gasteiger partial charge in [-0.3, -0.25) is 4.98 Å². The predicted molar refractivity (Wildman–Crippen MR) is 131 cm³/mol. The van der Waals surface area contributed by atoms with Crippen LogP contribution in [0.3, 0.4) is 0 Å². The molecule has 1 N–H and O–H groups in total. The van der Waals surface area contributed by atoms with Crippen LogP contribution < -0.4 is 5.32 Å². The van der Waals surface area contributed by atoms with Crippen LogP contribution in [0.5, 0.6) is 0 Å². The van der Waals surface area contributed by atoms with Gasteiger partial charge < -0.3 is 14.8 Å². The highest BCUT2D eigenvalue weighted by Crippen LogP contribution is 2.39. The number of hydrogen-bond acceptors (Lipinski definition) is 9. The molecule has 0 radical (unpaired) electrons. The maximum atomic E-state index is 6.26. The second-order valence-corrected chi connectivity index (χ2v) is 10.1. The molecule has 3 aromatic rings. The highest BCUT2D eigenvalue weighted by molar-refractivity contribution is 7.98. The quantitative estimate of drug-likeness (QED) is 0.271. The van der Waals surface area contributed by atoms with Crippen molar-refractivity contribution < 1.29 is 9.47 Å². The van der Waals surface area contributed by atoms with Gasteiger partial charge in [-0.2, -0.15) is 0 Å². The number of thiazole rings is 1. The zero-order valence-corrected chi connectivity index (χ0v) is 20.9. The molecule has 0 saturated carbocycles. The standard InChI is InChI=1S/C23H29N5O2S2/c1-8-14(9-2)18-20(30-23(5,6)29-18)27-19-16(12(3)25-22(28-19)31-7)21-26-17-13(4)24-11-10-15(17)32-21/h8,10-11,14,18,20H,1,9H2,2-7H3,(H,25,27,28)/t14-,18+,20+/m0/s1. The monoisotopic (exact) mass is 471 g/mol.